The maximum atomic E-state index is 12.8. The van der Waals surface area contributed by atoms with Gasteiger partial charge < -0.3 is 19.6 Å². The number of ether oxygens (including phenoxy) is 1. The fourth-order valence-corrected chi connectivity index (χ4v) is 3.47. The van der Waals surface area contributed by atoms with E-state index >= 15 is 0 Å². The van der Waals surface area contributed by atoms with E-state index in [1.165, 1.54) is 4.90 Å². The summed E-state index contributed by atoms with van der Waals surface area (Å²) in [5.74, 6) is -0.403. The maximum Gasteiger partial charge on any atom is 0.295 e. The Morgan fingerprint density at radius 3 is 2.57 bits per heavy atom. The molecule has 0 bridgehead atoms. The second-order valence-corrected chi connectivity index (χ2v) is 7.60. The quantitative estimate of drug-likeness (QED) is 0.633. The first-order chi connectivity index (χ1) is 13.3. The summed E-state index contributed by atoms with van der Waals surface area (Å²) >= 11 is 0. The van der Waals surface area contributed by atoms with Crippen molar-refractivity contribution in [3.63, 3.8) is 0 Å². The monoisotopic (exact) mass is 382 g/mol. The largest absolute Gasteiger partial charge is 0.491 e. The number of amides is 1. The van der Waals surface area contributed by atoms with Crippen LogP contribution in [-0.2, 0) is 16.9 Å². The Kier molecular flexibility index (Phi) is 5.82. The summed E-state index contributed by atoms with van der Waals surface area (Å²) < 4.78 is 5.77. The summed E-state index contributed by atoms with van der Waals surface area (Å²) in [6.07, 6.45) is 0. The van der Waals surface area contributed by atoms with Crippen LogP contribution < -0.4 is 4.74 Å². The summed E-state index contributed by atoms with van der Waals surface area (Å²) in [5.41, 5.74) is 0.857. The van der Waals surface area contributed by atoms with Gasteiger partial charge in [0, 0.05) is 24.2 Å². The molecule has 2 aromatic carbocycles. The summed E-state index contributed by atoms with van der Waals surface area (Å²) in [4.78, 5) is 28.7. The maximum absolute atomic E-state index is 12.8. The highest BCUT2D eigenvalue weighted by Gasteiger charge is 2.29. The summed E-state index contributed by atoms with van der Waals surface area (Å²) in [7, 11) is 3.80. The number of rotatable bonds is 5. The molecule has 0 unspecified atom stereocenters. The Morgan fingerprint density at radius 1 is 1.18 bits per heavy atom. The predicted octanol–water partition coefficient (Wildman–Crippen LogP) is 2.06. The topological polar surface area (TPSA) is 70.1 Å². The van der Waals surface area contributed by atoms with Crippen LogP contribution in [0.2, 0.25) is 0 Å². The van der Waals surface area contributed by atoms with E-state index in [1.807, 2.05) is 37.2 Å². The Morgan fingerprint density at radius 2 is 1.89 bits per heavy atom. The van der Waals surface area contributed by atoms with E-state index in [-0.39, 0.29) is 6.54 Å². The number of hydrogen-bond donors (Lipinski definition) is 1. The van der Waals surface area contributed by atoms with Gasteiger partial charge in [-0.15, -0.1) is 0 Å². The van der Waals surface area contributed by atoms with Crippen LogP contribution >= 0.6 is 0 Å². The van der Waals surface area contributed by atoms with Crippen molar-refractivity contribution in [2.24, 2.45) is 0 Å². The van der Waals surface area contributed by atoms with Gasteiger partial charge in [-0.2, -0.15) is 0 Å². The number of nitrogens with zero attached hydrogens (tertiary/aromatic N) is 2. The average molecular weight is 382 g/mol. The van der Waals surface area contributed by atoms with Gasteiger partial charge in [-0.3, -0.25) is 9.59 Å². The molecule has 148 valence electrons. The zero-order valence-electron chi connectivity index (χ0n) is 16.5. The highest BCUT2D eigenvalue weighted by atomic mass is 16.5. The Bertz CT molecular complexity index is 862. The van der Waals surface area contributed by atoms with Crippen molar-refractivity contribution in [3.05, 3.63) is 65.2 Å². The number of aliphatic hydroxyl groups is 1. The second kappa shape index (κ2) is 8.12. The van der Waals surface area contributed by atoms with Gasteiger partial charge in [0.1, 0.15) is 12.4 Å². The van der Waals surface area contributed by atoms with Crippen LogP contribution in [0.15, 0.2) is 48.5 Å². The zero-order chi connectivity index (χ0) is 20.3. The van der Waals surface area contributed by atoms with Crippen LogP contribution in [0.5, 0.6) is 5.75 Å². The van der Waals surface area contributed by atoms with Crippen LogP contribution in [0.3, 0.4) is 0 Å². The van der Waals surface area contributed by atoms with Gasteiger partial charge in [0.05, 0.1) is 12.1 Å². The van der Waals surface area contributed by atoms with E-state index < -0.39 is 17.3 Å². The van der Waals surface area contributed by atoms with E-state index in [2.05, 4.69) is 0 Å². The summed E-state index contributed by atoms with van der Waals surface area (Å²) in [6, 6.07) is 14.1. The minimum Gasteiger partial charge on any atom is -0.491 e. The van der Waals surface area contributed by atoms with Crippen molar-refractivity contribution in [1.82, 2.24) is 9.80 Å². The lowest BCUT2D eigenvalue weighted by molar-refractivity contribution is -0.127. The van der Waals surface area contributed by atoms with E-state index in [0.717, 1.165) is 11.1 Å². The smallest absolute Gasteiger partial charge is 0.295 e. The molecule has 2 aromatic rings. The minimum atomic E-state index is -1.04. The number of carbonyl (C=O) groups excluding carboxylic acids is 2. The van der Waals surface area contributed by atoms with Crippen molar-refractivity contribution in [1.29, 1.82) is 0 Å². The summed E-state index contributed by atoms with van der Waals surface area (Å²) in [5, 5.41) is 10.8. The molecule has 0 aliphatic carbocycles. The molecule has 6 heteroatoms. The molecular formula is C22H26N2O4. The predicted molar refractivity (Wildman–Crippen MR) is 106 cm³/mol. The normalized spacial score (nSPS) is 16.0. The summed E-state index contributed by atoms with van der Waals surface area (Å²) in [6.45, 7) is 3.12. The van der Waals surface area contributed by atoms with E-state index in [9.17, 15) is 14.7 Å². The SMILES string of the molecule is CN(C)C[C@](C)(O)c1ccc2c(c1)CN(C(=O)C(=O)c1ccccc1)CCO2. The fourth-order valence-electron chi connectivity index (χ4n) is 3.47. The van der Waals surface area contributed by atoms with Gasteiger partial charge in [-0.1, -0.05) is 36.4 Å². The lowest BCUT2D eigenvalue weighted by Crippen LogP contribution is -2.37. The Labute approximate surface area is 165 Å². The van der Waals surface area contributed by atoms with Crippen molar-refractivity contribution in [2.45, 2.75) is 19.1 Å². The third-order valence-electron chi connectivity index (χ3n) is 4.80. The van der Waals surface area contributed by atoms with E-state index in [1.54, 1.807) is 37.3 Å². The van der Waals surface area contributed by atoms with Gasteiger partial charge in [0.15, 0.2) is 0 Å². The second-order valence-electron chi connectivity index (χ2n) is 7.60. The Balaban J connectivity index is 1.84. The molecule has 0 saturated carbocycles. The molecule has 1 aliphatic heterocycles. The van der Waals surface area contributed by atoms with Crippen LogP contribution in [0.1, 0.15) is 28.4 Å². The number of Topliss-reactive ketones (excluding diaryl/α,β-unsaturated/α-hetero) is 1. The van der Waals surface area contributed by atoms with Crippen molar-refractivity contribution in [3.8, 4) is 5.75 Å². The molecule has 0 saturated heterocycles. The van der Waals surface area contributed by atoms with Crippen molar-refractivity contribution >= 4 is 11.7 Å². The highest BCUT2D eigenvalue weighted by Crippen LogP contribution is 2.30. The number of ketones is 1. The molecule has 1 heterocycles. The zero-order valence-corrected chi connectivity index (χ0v) is 16.5. The van der Waals surface area contributed by atoms with Crippen LogP contribution in [0.4, 0.5) is 0 Å². The van der Waals surface area contributed by atoms with E-state index in [4.69, 9.17) is 4.74 Å². The molecule has 6 nitrogen and oxygen atoms in total. The Hall–Kier alpha value is -2.70. The first-order valence-electron chi connectivity index (χ1n) is 9.30. The van der Waals surface area contributed by atoms with Crippen LogP contribution in [-0.4, -0.2) is 60.4 Å². The molecule has 1 atom stereocenters. The van der Waals surface area contributed by atoms with Gasteiger partial charge in [-0.05, 0) is 38.7 Å². The number of benzene rings is 2. The average Bonchev–Trinajstić information content (AvgIpc) is 2.88. The molecule has 0 fully saturated rings. The molecule has 1 amide bonds. The number of fused-ring (bicyclic) bond motifs is 1. The first-order valence-corrected chi connectivity index (χ1v) is 9.30. The van der Waals surface area contributed by atoms with Gasteiger partial charge >= 0.3 is 0 Å². The lowest BCUT2D eigenvalue weighted by Gasteiger charge is -2.28. The lowest BCUT2D eigenvalue weighted by atomic mass is 9.93. The third kappa shape index (κ3) is 4.40. The highest BCUT2D eigenvalue weighted by molar-refractivity contribution is 6.42. The van der Waals surface area contributed by atoms with Gasteiger partial charge in [-0.25, -0.2) is 0 Å². The number of carbonyl (C=O) groups is 2. The molecule has 0 aromatic heterocycles. The molecule has 28 heavy (non-hydrogen) atoms. The van der Waals surface area contributed by atoms with Gasteiger partial charge in [0.25, 0.3) is 5.91 Å². The van der Waals surface area contributed by atoms with Crippen molar-refractivity contribution < 1.29 is 19.4 Å². The molecule has 0 radical (unpaired) electrons. The first kappa shape index (κ1) is 20.0. The molecule has 1 aliphatic rings. The minimum absolute atomic E-state index is 0.263. The van der Waals surface area contributed by atoms with Crippen molar-refractivity contribution in [2.75, 3.05) is 33.8 Å². The van der Waals surface area contributed by atoms with Crippen LogP contribution in [0.25, 0.3) is 0 Å². The standard InChI is InChI=1S/C22H26N2O4/c1-22(27,15-23(2)3)18-9-10-19-17(13-18)14-24(11-12-28-19)21(26)20(25)16-7-5-4-6-8-16/h4-10,13,27H,11-12,14-15H2,1-3H3/t22-/m0/s1. The van der Waals surface area contributed by atoms with E-state index in [0.29, 0.717) is 31.0 Å². The number of hydrogen-bond acceptors (Lipinski definition) is 5. The fraction of sp³-hybridized carbons (Fsp3) is 0.364. The van der Waals surface area contributed by atoms with Gasteiger partial charge in [0.2, 0.25) is 5.78 Å². The molecular weight excluding hydrogens is 356 g/mol. The number of likely N-dealkylation sites (N-methyl/N-ethyl adjacent to an activating group) is 1. The molecule has 1 N–H and O–H groups in total. The third-order valence-corrected chi connectivity index (χ3v) is 4.80. The molecule has 3 rings (SSSR count). The molecule has 0 spiro atoms. The van der Waals surface area contributed by atoms with Crippen LogP contribution in [0, 0.1) is 0 Å².